The van der Waals surface area contributed by atoms with Crippen molar-refractivity contribution in [2.75, 3.05) is 14.2 Å². The second-order valence-corrected chi connectivity index (χ2v) is 10.1. The maximum atomic E-state index is 13.0. The van der Waals surface area contributed by atoms with Gasteiger partial charge in [-0.15, -0.1) is 0 Å². The molecule has 43 heavy (non-hydrogen) atoms. The molecule has 0 atom stereocenters. The first-order valence-corrected chi connectivity index (χ1v) is 13.8. The fraction of sp³-hybridized carbons (Fsp3) is 0.114. The van der Waals surface area contributed by atoms with E-state index in [9.17, 15) is 9.90 Å². The number of hydrogen-bond acceptors (Lipinski definition) is 6. The molecule has 0 radical (unpaired) electrons. The van der Waals surface area contributed by atoms with Crippen molar-refractivity contribution in [3.8, 4) is 51.0 Å². The van der Waals surface area contributed by atoms with E-state index in [1.54, 1.807) is 38.5 Å². The SMILES string of the molecule is COc1ccc(Cn2nc(-c3cccc(O)c3)c(-c3ccc(=O)n(Cc4ccc(OC)cc4)n3)c2-c2ccccc2)cc1. The third kappa shape index (κ3) is 5.90. The molecule has 1 N–H and O–H groups in total. The van der Waals surface area contributed by atoms with E-state index in [1.807, 2.05) is 89.6 Å². The van der Waals surface area contributed by atoms with E-state index in [-0.39, 0.29) is 11.3 Å². The number of methoxy groups -OCH3 is 2. The molecule has 0 saturated heterocycles. The van der Waals surface area contributed by atoms with Crippen LogP contribution in [0, 0.1) is 0 Å². The van der Waals surface area contributed by atoms with Crippen LogP contribution in [0.1, 0.15) is 11.1 Å². The molecule has 0 fully saturated rings. The zero-order chi connectivity index (χ0) is 29.8. The van der Waals surface area contributed by atoms with Crippen molar-refractivity contribution < 1.29 is 14.6 Å². The summed E-state index contributed by atoms with van der Waals surface area (Å²) in [7, 11) is 3.26. The average Bonchev–Trinajstić information content (AvgIpc) is 3.42. The van der Waals surface area contributed by atoms with Crippen LogP contribution < -0.4 is 15.0 Å². The van der Waals surface area contributed by atoms with E-state index in [2.05, 4.69) is 0 Å². The Hall–Kier alpha value is -5.63. The quantitative estimate of drug-likeness (QED) is 0.221. The topological polar surface area (TPSA) is 91.4 Å². The van der Waals surface area contributed by atoms with Gasteiger partial charge in [-0.2, -0.15) is 10.2 Å². The maximum absolute atomic E-state index is 13.0. The zero-order valence-corrected chi connectivity index (χ0v) is 23.8. The van der Waals surface area contributed by atoms with Gasteiger partial charge in [0.25, 0.3) is 5.56 Å². The highest BCUT2D eigenvalue weighted by atomic mass is 16.5. The molecule has 6 rings (SSSR count). The first kappa shape index (κ1) is 27.5. The lowest BCUT2D eigenvalue weighted by Gasteiger charge is -2.12. The summed E-state index contributed by atoms with van der Waals surface area (Å²) in [6.07, 6.45) is 0. The van der Waals surface area contributed by atoms with Crippen LogP contribution in [0.5, 0.6) is 17.2 Å². The molecular formula is C35H30N4O4. The minimum Gasteiger partial charge on any atom is -0.508 e. The summed E-state index contributed by atoms with van der Waals surface area (Å²) >= 11 is 0. The highest BCUT2D eigenvalue weighted by molar-refractivity contribution is 5.90. The lowest BCUT2D eigenvalue weighted by molar-refractivity contribution is 0.414. The number of phenolic OH excluding ortho intramolecular Hbond substituents is 1. The molecule has 0 unspecified atom stereocenters. The van der Waals surface area contributed by atoms with Gasteiger partial charge in [0.15, 0.2) is 0 Å². The van der Waals surface area contributed by atoms with Crippen molar-refractivity contribution in [1.29, 1.82) is 0 Å². The molecule has 0 saturated carbocycles. The number of hydrogen-bond donors (Lipinski definition) is 1. The molecule has 0 aliphatic heterocycles. The van der Waals surface area contributed by atoms with Crippen LogP contribution in [-0.4, -0.2) is 38.9 Å². The van der Waals surface area contributed by atoms with Crippen LogP contribution >= 0.6 is 0 Å². The van der Waals surface area contributed by atoms with Crippen LogP contribution in [0.15, 0.2) is 120 Å². The number of benzene rings is 4. The van der Waals surface area contributed by atoms with Crippen LogP contribution in [-0.2, 0) is 13.1 Å². The molecule has 0 spiro atoms. The lowest BCUT2D eigenvalue weighted by Crippen LogP contribution is -2.23. The Morgan fingerprint density at radius 2 is 1.26 bits per heavy atom. The van der Waals surface area contributed by atoms with Gasteiger partial charge in [0, 0.05) is 17.2 Å². The number of rotatable bonds is 9. The summed E-state index contributed by atoms with van der Waals surface area (Å²) in [5.74, 6) is 1.65. The van der Waals surface area contributed by atoms with Gasteiger partial charge in [-0.25, -0.2) is 4.68 Å². The average molecular weight is 571 g/mol. The van der Waals surface area contributed by atoms with Gasteiger partial charge < -0.3 is 14.6 Å². The van der Waals surface area contributed by atoms with Gasteiger partial charge in [0.2, 0.25) is 0 Å². The highest BCUT2D eigenvalue weighted by Crippen LogP contribution is 2.40. The standard InChI is InChI=1S/C35H30N4O4/c1-42-29-15-11-24(12-16-29)22-38-32(41)20-19-31(36-38)33-34(27-9-6-10-28(40)21-27)37-39(35(33)26-7-4-3-5-8-26)23-25-13-17-30(43-2)18-14-25/h3-21,40H,22-23H2,1-2H3. The summed E-state index contributed by atoms with van der Waals surface area (Å²) in [4.78, 5) is 13.0. The molecule has 4 aromatic carbocycles. The van der Waals surface area contributed by atoms with Crippen molar-refractivity contribution in [2.45, 2.75) is 13.1 Å². The molecule has 214 valence electrons. The van der Waals surface area contributed by atoms with E-state index in [4.69, 9.17) is 19.7 Å². The van der Waals surface area contributed by atoms with Crippen molar-refractivity contribution in [2.24, 2.45) is 0 Å². The second kappa shape index (κ2) is 12.1. The molecule has 0 aliphatic rings. The molecule has 0 amide bonds. The first-order chi connectivity index (χ1) is 21.0. The van der Waals surface area contributed by atoms with E-state index >= 15 is 0 Å². The fourth-order valence-corrected chi connectivity index (χ4v) is 5.07. The Bertz CT molecular complexity index is 1910. The molecule has 2 heterocycles. The largest absolute Gasteiger partial charge is 0.508 e. The van der Waals surface area contributed by atoms with Gasteiger partial charge in [-0.3, -0.25) is 9.48 Å². The maximum Gasteiger partial charge on any atom is 0.267 e. The summed E-state index contributed by atoms with van der Waals surface area (Å²) in [5, 5.41) is 20.3. The summed E-state index contributed by atoms with van der Waals surface area (Å²) in [5.41, 5.74) is 6.24. The smallest absolute Gasteiger partial charge is 0.267 e. The van der Waals surface area contributed by atoms with E-state index in [1.165, 1.54) is 10.7 Å². The fourth-order valence-electron chi connectivity index (χ4n) is 5.07. The van der Waals surface area contributed by atoms with Gasteiger partial charge in [0.05, 0.1) is 44.3 Å². The van der Waals surface area contributed by atoms with Crippen LogP contribution in [0.25, 0.3) is 33.8 Å². The van der Waals surface area contributed by atoms with Gasteiger partial charge in [0.1, 0.15) is 22.9 Å². The monoisotopic (exact) mass is 570 g/mol. The Morgan fingerprint density at radius 3 is 1.86 bits per heavy atom. The van der Waals surface area contributed by atoms with Crippen molar-refractivity contribution in [3.63, 3.8) is 0 Å². The van der Waals surface area contributed by atoms with Crippen molar-refractivity contribution >= 4 is 0 Å². The third-order valence-electron chi connectivity index (χ3n) is 7.22. The summed E-state index contributed by atoms with van der Waals surface area (Å²) < 4.78 is 14.0. The lowest BCUT2D eigenvalue weighted by atomic mass is 9.99. The number of nitrogens with zero attached hydrogens (tertiary/aromatic N) is 4. The Labute approximate surface area is 249 Å². The van der Waals surface area contributed by atoms with E-state index in [0.717, 1.165) is 45.0 Å². The zero-order valence-electron chi connectivity index (χ0n) is 23.8. The number of ether oxygens (including phenoxy) is 2. The number of aromatic hydroxyl groups is 1. The molecule has 0 bridgehead atoms. The molecule has 2 aromatic heterocycles. The minimum atomic E-state index is -0.217. The Morgan fingerprint density at radius 1 is 0.651 bits per heavy atom. The predicted molar refractivity (Wildman–Crippen MR) is 166 cm³/mol. The highest BCUT2D eigenvalue weighted by Gasteiger charge is 2.24. The van der Waals surface area contributed by atoms with Gasteiger partial charge in [-0.05, 0) is 53.6 Å². The van der Waals surface area contributed by atoms with Crippen LogP contribution in [0.4, 0.5) is 0 Å². The summed E-state index contributed by atoms with van der Waals surface area (Å²) in [6, 6.07) is 35.7. The normalized spacial score (nSPS) is 10.9. The van der Waals surface area contributed by atoms with E-state index < -0.39 is 0 Å². The minimum absolute atomic E-state index is 0.131. The molecule has 6 aromatic rings. The number of phenols is 1. The molecule has 8 heteroatoms. The van der Waals surface area contributed by atoms with Crippen molar-refractivity contribution in [3.05, 3.63) is 137 Å². The summed E-state index contributed by atoms with van der Waals surface area (Å²) in [6.45, 7) is 0.768. The molecule has 0 aliphatic carbocycles. The molecule has 8 nitrogen and oxygen atoms in total. The Kier molecular flexibility index (Phi) is 7.74. The van der Waals surface area contributed by atoms with Gasteiger partial charge >= 0.3 is 0 Å². The Balaban J connectivity index is 1.55. The predicted octanol–water partition coefficient (Wildman–Crippen LogP) is 6.26. The molecular weight excluding hydrogens is 540 g/mol. The first-order valence-electron chi connectivity index (χ1n) is 13.8. The number of aromatic nitrogens is 4. The van der Waals surface area contributed by atoms with Gasteiger partial charge in [-0.1, -0.05) is 66.7 Å². The van der Waals surface area contributed by atoms with Crippen LogP contribution in [0.2, 0.25) is 0 Å². The van der Waals surface area contributed by atoms with E-state index in [0.29, 0.717) is 24.5 Å². The third-order valence-corrected chi connectivity index (χ3v) is 7.22. The van der Waals surface area contributed by atoms with Crippen LogP contribution in [0.3, 0.4) is 0 Å². The second-order valence-electron chi connectivity index (χ2n) is 10.1. The van der Waals surface area contributed by atoms with Crippen molar-refractivity contribution in [1.82, 2.24) is 19.6 Å².